The fourth-order valence-electron chi connectivity index (χ4n) is 1.90. The summed E-state index contributed by atoms with van der Waals surface area (Å²) in [5.41, 5.74) is 2.58. The van der Waals surface area contributed by atoms with E-state index in [1.165, 1.54) is 0 Å². The van der Waals surface area contributed by atoms with Gasteiger partial charge in [-0.1, -0.05) is 23.7 Å². The van der Waals surface area contributed by atoms with Crippen LogP contribution in [-0.4, -0.2) is 10.2 Å². The number of hydrogen-bond donors (Lipinski definition) is 2. The van der Waals surface area contributed by atoms with Crippen molar-refractivity contribution in [3.63, 3.8) is 0 Å². The molecular formula is C14H11ClFN3. The number of benzene rings is 2. The van der Waals surface area contributed by atoms with Crippen molar-refractivity contribution < 1.29 is 4.39 Å². The Bertz CT molecular complexity index is 706. The van der Waals surface area contributed by atoms with Crippen LogP contribution in [0.15, 0.2) is 42.5 Å². The minimum Gasteiger partial charge on any atom is -0.381 e. The van der Waals surface area contributed by atoms with E-state index in [-0.39, 0.29) is 0 Å². The molecule has 0 unspecified atom stereocenters. The maximum Gasteiger partial charge on any atom is 0.216 e. The average molecular weight is 276 g/mol. The number of nitrogens with zero attached hydrogens (tertiary/aromatic N) is 1. The van der Waals surface area contributed by atoms with Crippen LogP contribution in [0.5, 0.6) is 0 Å². The Morgan fingerprint density at radius 2 is 1.95 bits per heavy atom. The molecule has 0 aliphatic carbocycles. The van der Waals surface area contributed by atoms with Gasteiger partial charge in [-0.15, -0.1) is 0 Å². The Morgan fingerprint density at radius 1 is 1.16 bits per heavy atom. The van der Waals surface area contributed by atoms with Gasteiger partial charge in [-0.05, 0) is 35.9 Å². The largest absolute Gasteiger partial charge is 0.381 e. The number of halogens is 2. The van der Waals surface area contributed by atoms with Gasteiger partial charge in [0.15, 0.2) is 0 Å². The molecule has 0 fully saturated rings. The second-order valence-corrected chi connectivity index (χ2v) is 4.69. The quantitative estimate of drug-likeness (QED) is 0.759. The van der Waals surface area contributed by atoms with Crippen LogP contribution in [0.2, 0.25) is 5.02 Å². The molecule has 0 saturated carbocycles. The summed E-state index contributed by atoms with van der Waals surface area (Å²) in [6.45, 7) is 0.655. The number of aromatic nitrogens is 2. The minimum atomic E-state index is -0.412. The summed E-state index contributed by atoms with van der Waals surface area (Å²) in [4.78, 5) is 0. The monoisotopic (exact) mass is 275 g/mol. The molecular weight excluding hydrogens is 265 g/mol. The van der Waals surface area contributed by atoms with Crippen molar-refractivity contribution in [1.82, 2.24) is 10.2 Å². The topological polar surface area (TPSA) is 40.7 Å². The SMILES string of the molecule is Fc1[nH]nc2ccc(NCc3ccc(Cl)cc3)cc12. The number of hydrogen-bond acceptors (Lipinski definition) is 2. The zero-order valence-corrected chi connectivity index (χ0v) is 10.7. The molecule has 3 nitrogen and oxygen atoms in total. The van der Waals surface area contributed by atoms with Crippen LogP contribution in [0, 0.1) is 5.95 Å². The molecule has 1 heterocycles. The number of aromatic amines is 1. The maximum absolute atomic E-state index is 13.4. The van der Waals surface area contributed by atoms with E-state index in [1.807, 2.05) is 30.3 Å². The van der Waals surface area contributed by atoms with Crippen LogP contribution >= 0.6 is 11.6 Å². The summed E-state index contributed by atoms with van der Waals surface area (Å²) < 4.78 is 13.4. The molecule has 3 aromatic rings. The molecule has 0 saturated heterocycles. The van der Waals surface area contributed by atoms with E-state index in [0.717, 1.165) is 11.3 Å². The lowest BCUT2D eigenvalue weighted by molar-refractivity contribution is 0.588. The number of nitrogens with one attached hydrogen (secondary N) is 2. The first-order chi connectivity index (χ1) is 9.22. The van der Waals surface area contributed by atoms with Gasteiger partial charge in [0.25, 0.3) is 0 Å². The molecule has 0 bridgehead atoms. The molecule has 2 aromatic carbocycles. The lowest BCUT2D eigenvalue weighted by Crippen LogP contribution is -1.98. The van der Waals surface area contributed by atoms with E-state index < -0.39 is 5.95 Å². The van der Waals surface area contributed by atoms with Gasteiger partial charge in [-0.25, -0.2) is 0 Å². The van der Waals surface area contributed by atoms with Gasteiger partial charge >= 0.3 is 0 Å². The predicted octanol–water partition coefficient (Wildman–Crippen LogP) is 3.97. The third-order valence-corrected chi connectivity index (χ3v) is 3.17. The Labute approximate surface area is 114 Å². The summed E-state index contributed by atoms with van der Waals surface area (Å²) in [6, 6.07) is 13.0. The highest BCUT2D eigenvalue weighted by molar-refractivity contribution is 6.30. The van der Waals surface area contributed by atoms with E-state index in [1.54, 1.807) is 12.1 Å². The molecule has 0 spiro atoms. The van der Waals surface area contributed by atoms with Gasteiger partial charge < -0.3 is 5.32 Å². The third-order valence-electron chi connectivity index (χ3n) is 2.92. The van der Waals surface area contributed by atoms with Gasteiger partial charge in [0.05, 0.1) is 10.9 Å². The van der Waals surface area contributed by atoms with Crippen LogP contribution < -0.4 is 5.32 Å². The van der Waals surface area contributed by atoms with Crippen LogP contribution in [0.4, 0.5) is 10.1 Å². The first-order valence-electron chi connectivity index (χ1n) is 5.84. The van der Waals surface area contributed by atoms with Crippen molar-refractivity contribution in [1.29, 1.82) is 0 Å². The van der Waals surface area contributed by atoms with Crippen molar-refractivity contribution in [2.75, 3.05) is 5.32 Å². The predicted molar refractivity (Wildman–Crippen MR) is 74.8 cm³/mol. The smallest absolute Gasteiger partial charge is 0.216 e. The lowest BCUT2D eigenvalue weighted by atomic mass is 10.2. The molecule has 0 radical (unpaired) electrons. The van der Waals surface area contributed by atoms with Crippen molar-refractivity contribution in [2.24, 2.45) is 0 Å². The van der Waals surface area contributed by atoms with Crippen LogP contribution in [-0.2, 0) is 6.54 Å². The fourth-order valence-corrected chi connectivity index (χ4v) is 2.02. The number of fused-ring (bicyclic) bond motifs is 1. The molecule has 19 heavy (non-hydrogen) atoms. The Morgan fingerprint density at radius 3 is 2.74 bits per heavy atom. The standard InChI is InChI=1S/C14H11ClFN3/c15-10-3-1-9(2-4-10)8-17-11-5-6-13-12(7-11)14(16)19-18-13/h1-7,17H,8H2,(H,18,19). The number of H-pyrrole nitrogens is 1. The summed E-state index contributed by atoms with van der Waals surface area (Å²) in [6.07, 6.45) is 0. The van der Waals surface area contributed by atoms with Gasteiger partial charge in [0.1, 0.15) is 0 Å². The summed E-state index contributed by atoms with van der Waals surface area (Å²) >= 11 is 5.83. The highest BCUT2D eigenvalue weighted by Gasteiger charge is 2.05. The van der Waals surface area contributed by atoms with Gasteiger partial charge in [-0.3, -0.25) is 5.10 Å². The van der Waals surface area contributed by atoms with E-state index in [2.05, 4.69) is 15.5 Å². The van der Waals surface area contributed by atoms with E-state index >= 15 is 0 Å². The van der Waals surface area contributed by atoms with Crippen molar-refractivity contribution in [3.05, 3.63) is 59.0 Å². The first kappa shape index (κ1) is 12.0. The highest BCUT2D eigenvalue weighted by atomic mass is 35.5. The molecule has 3 rings (SSSR count). The molecule has 0 amide bonds. The van der Waals surface area contributed by atoms with Crippen molar-refractivity contribution >= 4 is 28.2 Å². The Balaban J connectivity index is 1.77. The summed E-state index contributed by atoms with van der Waals surface area (Å²) in [5.74, 6) is -0.412. The van der Waals surface area contributed by atoms with E-state index in [0.29, 0.717) is 22.5 Å². The van der Waals surface area contributed by atoms with E-state index in [9.17, 15) is 4.39 Å². The average Bonchev–Trinajstić information content (AvgIpc) is 2.80. The first-order valence-corrected chi connectivity index (χ1v) is 6.22. The fraction of sp³-hybridized carbons (Fsp3) is 0.0714. The zero-order chi connectivity index (χ0) is 13.2. The van der Waals surface area contributed by atoms with Crippen LogP contribution in [0.25, 0.3) is 10.9 Å². The van der Waals surface area contributed by atoms with Crippen molar-refractivity contribution in [3.8, 4) is 0 Å². The molecule has 0 atom stereocenters. The highest BCUT2D eigenvalue weighted by Crippen LogP contribution is 2.20. The Kier molecular flexibility index (Phi) is 3.09. The Hall–Kier alpha value is -2.07. The third kappa shape index (κ3) is 2.53. The minimum absolute atomic E-state index is 0.412. The molecule has 2 N–H and O–H groups in total. The summed E-state index contributed by atoms with van der Waals surface area (Å²) in [7, 11) is 0. The van der Waals surface area contributed by atoms with Crippen LogP contribution in [0.1, 0.15) is 5.56 Å². The second kappa shape index (κ2) is 4.90. The maximum atomic E-state index is 13.4. The number of anilines is 1. The van der Waals surface area contributed by atoms with Gasteiger partial charge in [0, 0.05) is 17.3 Å². The van der Waals surface area contributed by atoms with Gasteiger partial charge in [0.2, 0.25) is 5.95 Å². The summed E-state index contributed by atoms with van der Waals surface area (Å²) in [5, 5.41) is 10.6. The number of rotatable bonds is 3. The molecule has 96 valence electrons. The molecule has 0 aliphatic rings. The normalized spacial score (nSPS) is 10.8. The van der Waals surface area contributed by atoms with Gasteiger partial charge in [-0.2, -0.15) is 9.49 Å². The molecule has 0 aliphatic heterocycles. The second-order valence-electron chi connectivity index (χ2n) is 4.25. The van der Waals surface area contributed by atoms with E-state index in [4.69, 9.17) is 11.6 Å². The molecule has 5 heteroatoms. The lowest BCUT2D eigenvalue weighted by Gasteiger charge is -2.06. The van der Waals surface area contributed by atoms with Crippen LogP contribution in [0.3, 0.4) is 0 Å². The molecule has 1 aromatic heterocycles. The van der Waals surface area contributed by atoms with Crippen molar-refractivity contribution in [2.45, 2.75) is 6.54 Å². The zero-order valence-electron chi connectivity index (χ0n) is 9.95.